The van der Waals surface area contributed by atoms with E-state index in [0.29, 0.717) is 0 Å². The normalized spacial score (nSPS) is 18.2. The summed E-state index contributed by atoms with van der Waals surface area (Å²) in [5.74, 6) is 4.49. The largest absolute Gasteiger partial charge is 0.790 e. The molecule has 102 heavy (non-hydrogen) atoms. The molecule has 6 atom stereocenters. The summed E-state index contributed by atoms with van der Waals surface area (Å²) >= 11 is 0. The second-order valence-corrected chi connectivity index (χ2v) is 28.6. The Morgan fingerprint density at radius 3 is 2.45 bits per heavy atom. The lowest BCUT2D eigenvalue weighted by Gasteiger charge is -2.37. The minimum Gasteiger partial charge on any atom is -0.790 e. The fourth-order valence-corrected chi connectivity index (χ4v) is 14.5. The molecule has 7 N–H and O–H groups in total. The highest BCUT2D eigenvalue weighted by molar-refractivity contribution is 7.89. The van der Waals surface area contributed by atoms with Crippen molar-refractivity contribution in [3.8, 4) is 17.6 Å². The maximum absolute atomic E-state index is 13.4. The summed E-state index contributed by atoms with van der Waals surface area (Å²) in [6.45, 7) is 1.58. The van der Waals surface area contributed by atoms with Crippen LogP contribution < -0.4 is 56.0 Å². The summed E-state index contributed by atoms with van der Waals surface area (Å²) in [7, 11) is -22.5. The number of hydrogen-bond donors (Lipinski definition) is 5. The molecule has 5 heterocycles. The van der Waals surface area contributed by atoms with E-state index in [9.17, 15) is 61.6 Å². The van der Waals surface area contributed by atoms with E-state index in [1.54, 1.807) is 30.3 Å². The van der Waals surface area contributed by atoms with E-state index in [-0.39, 0.29) is 103 Å². The van der Waals surface area contributed by atoms with Crippen molar-refractivity contribution in [1.82, 2.24) is 30.5 Å². The third kappa shape index (κ3) is 20.9. The van der Waals surface area contributed by atoms with E-state index < -0.39 is 95.3 Å². The molecule has 6 unspecified atom stereocenters. The number of aromatic nitrogens is 3. The van der Waals surface area contributed by atoms with E-state index in [2.05, 4.69) is 106 Å². The number of primary sulfonamides is 1. The number of anilines is 3. The van der Waals surface area contributed by atoms with Crippen molar-refractivity contribution in [2.45, 2.75) is 68.1 Å². The van der Waals surface area contributed by atoms with Crippen molar-refractivity contribution in [2.75, 3.05) is 76.6 Å². The summed E-state index contributed by atoms with van der Waals surface area (Å²) in [6, 6.07) is 29.3. The van der Waals surface area contributed by atoms with Crippen molar-refractivity contribution in [3.05, 3.63) is 189 Å². The van der Waals surface area contributed by atoms with Crippen molar-refractivity contribution < 1.29 is 97.5 Å². The van der Waals surface area contributed by atoms with Crippen LogP contribution in [0.3, 0.4) is 0 Å². The molecule has 2 aromatic heterocycles. The number of allylic oxidation sites excluding steroid dienone is 6. The van der Waals surface area contributed by atoms with Crippen LogP contribution in [0.4, 0.5) is 22.9 Å². The lowest BCUT2D eigenvalue weighted by atomic mass is 9.81. The Kier molecular flexibility index (Phi) is 25.9. The lowest BCUT2D eigenvalue weighted by Crippen LogP contribution is -2.35. The SMILES string of the molecule is CC1(C)C(/C=C/C=C/C=C2\Cc3ccccc3N2c2ccccc2)=[N+](CCC(=O)NCCNC(=O)c2cccc(OCC(N=[N+]=[N-])OCCOCC(=O)NCC#Cc3cn(C4CC(OCN=[N+]=[N-])C(COP(=O)([O-])OP(=O)([O-])OP(=O)([O-])[O-])O4)c4ncnc(N)c34)c2)c2ccc(S(N)(=O)=O)cc21. The molecule has 1 saturated heterocycles. The van der Waals surface area contributed by atoms with E-state index in [0.717, 1.165) is 46.8 Å². The zero-order valence-corrected chi connectivity index (χ0v) is 57.8. The smallest absolute Gasteiger partial charge is 0.278 e. The first-order valence-electron chi connectivity index (χ1n) is 30.8. The van der Waals surface area contributed by atoms with Crippen LogP contribution in [0.25, 0.3) is 31.9 Å². The summed E-state index contributed by atoms with van der Waals surface area (Å²) < 4.78 is 103. The van der Waals surface area contributed by atoms with Crippen LogP contribution in [0.1, 0.15) is 60.0 Å². The highest BCUT2D eigenvalue weighted by Crippen LogP contribution is 2.60. The number of ether oxygens (including phenoxy) is 5. The van der Waals surface area contributed by atoms with Gasteiger partial charge in [-0.05, 0) is 85.1 Å². The summed E-state index contributed by atoms with van der Waals surface area (Å²) in [5.41, 5.74) is 30.9. The predicted octanol–water partition coefficient (Wildman–Crippen LogP) is 4.34. The van der Waals surface area contributed by atoms with Crippen LogP contribution in [0.2, 0.25) is 0 Å². The number of phosphoric ester groups is 1. The summed E-state index contributed by atoms with van der Waals surface area (Å²) in [6.07, 6.45) is 8.40. The summed E-state index contributed by atoms with van der Waals surface area (Å²) in [5, 5.41) is 20.8. The number of nitrogen functional groups attached to an aromatic ring is 1. The van der Waals surface area contributed by atoms with Crippen LogP contribution in [-0.4, -0.2) is 135 Å². The van der Waals surface area contributed by atoms with Gasteiger partial charge in [-0.15, -0.1) is 0 Å². The zero-order chi connectivity index (χ0) is 73.2. The molecule has 3 aliphatic heterocycles. The second-order valence-electron chi connectivity index (χ2n) is 22.8. The van der Waals surface area contributed by atoms with Gasteiger partial charge in [0.25, 0.3) is 21.6 Å². The van der Waals surface area contributed by atoms with E-state index in [4.69, 9.17) is 40.1 Å². The first-order valence-corrected chi connectivity index (χ1v) is 36.7. The number of nitrogens with two attached hydrogens (primary N) is 2. The lowest BCUT2D eigenvalue weighted by molar-refractivity contribution is -0.436. The van der Waals surface area contributed by atoms with Crippen molar-refractivity contribution >= 4 is 90.8 Å². The molecule has 4 aromatic carbocycles. The highest BCUT2D eigenvalue weighted by Gasteiger charge is 2.45. The van der Waals surface area contributed by atoms with Crippen molar-refractivity contribution in [2.24, 2.45) is 15.4 Å². The third-order valence-electron chi connectivity index (χ3n) is 15.5. The van der Waals surface area contributed by atoms with Gasteiger partial charge in [0, 0.05) is 82.3 Å². The van der Waals surface area contributed by atoms with Crippen LogP contribution in [-0.2, 0) is 77.2 Å². The maximum atomic E-state index is 13.4. The number of nitrogens with one attached hydrogen (secondary N) is 3. The number of amides is 3. The Morgan fingerprint density at radius 2 is 1.69 bits per heavy atom. The molecule has 0 saturated carbocycles. The molecule has 9 rings (SSSR count). The number of carbonyl (C=O) groups excluding carboxylic acids is 3. The van der Waals surface area contributed by atoms with Gasteiger partial charge in [0.15, 0.2) is 18.5 Å². The van der Waals surface area contributed by atoms with E-state index in [1.165, 1.54) is 28.5 Å². The predicted molar refractivity (Wildman–Crippen MR) is 358 cm³/mol. The zero-order valence-electron chi connectivity index (χ0n) is 54.3. The number of nitrogens with zero attached hydrogens (tertiary/aromatic N) is 11. The van der Waals surface area contributed by atoms with Gasteiger partial charge in [-0.25, -0.2) is 27.8 Å². The number of hydrogen-bond acceptors (Lipinski definition) is 26. The Balaban J connectivity index is 0.704. The van der Waals surface area contributed by atoms with Crippen LogP contribution in [0, 0.1) is 11.8 Å². The van der Waals surface area contributed by atoms with Gasteiger partial charge in [-0.3, -0.25) is 27.8 Å². The standard InChI is InChI=1S/C62H69N16O20P3S/c1-62(2)48-33-47(102(66,89)90)22-23-50(48)76(53(62)21-8-4-7-18-45-31-41-13-9-10-20-49(41)78(45)44-16-5-3-6-17-44)28-24-54(79)68-26-27-69-61(81)42-14-11-19-46(32-42)93-38-56(73-75-65)92-30-29-91-37-55(80)67-25-12-15-43-35-77(60-58(43)59(63)70-39-71-60)57-34-51(94-40-72-74-64)52(96-57)36-95-100(85,86)98-101(87,88)97-99(82,83)84/h3-11,13-14,16-23,32-33,35,39,51-52,56-57H,24-31,34,36-38,40H2,1-2H3,(H10-,63,66,67,68,69,70,71,79,80,81,82,83,84,85,86,87,88,89,90)/p-3. The Hall–Kier alpha value is -9.46. The first kappa shape index (κ1) is 76.7. The topological polar surface area (TPSA) is 525 Å². The number of phosphoric acid groups is 3. The molecule has 1 fully saturated rings. The molecule has 0 aliphatic carbocycles. The second kappa shape index (κ2) is 34.5. The van der Waals surface area contributed by atoms with Gasteiger partial charge in [-0.1, -0.05) is 82.8 Å². The number of azide groups is 2. The quantitative estimate of drug-likeness (QED) is 0.00548. The minimum atomic E-state index is -6.27. The van der Waals surface area contributed by atoms with Crippen molar-refractivity contribution in [1.29, 1.82) is 0 Å². The van der Waals surface area contributed by atoms with Gasteiger partial charge in [0.2, 0.25) is 27.5 Å². The monoisotopic (exact) mass is 1480 g/mol. The van der Waals surface area contributed by atoms with Crippen LogP contribution >= 0.6 is 23.5 Å². The number of rotatable bonds is 34. The third-order valence-corrected chi connectivity index (χ3v) is 20.1. The van der Waals surface area contributed by atoms with Crippen molar-refractivity contribution in [3.63, 3.8) is 0 Å². The molecule has 0 radical (unpaired) electrons. The molecule has 6 aromatic rings. The molecule has 40 heteroatoms. The molecule has 0 spiro atoms. The maximum Gasteiger partial charge on any atom is 0.278 e. The number of carbonyl (C=O) groups is 3. The number of fused-ring (bicyclic) bond motifs is 3. The van der Waals surface area contributed by atoms with Gasteiger partial charge < -0.3 is 83.5 Å². The van der Waals surface area contributed by atoms with Gasteiger partial charge >= 0.3 is 0 Å². The molecule has 36 nitrogen and oxygen atoms in total. The van der Waals surface area contributed by atoms with Gasteiger partial charge in [0.05, 0.1) is 68.0 Å². The van der Waals surface area contributed by atoms with Crippen LogP contribution in [0.15, 0.2) is 161 Å². The molecule has 538 valence electrons. The van der Waals surface area contributed by atoms with E-state index in [1.807, 2.05) is 73.1 Å². The van der Waals surface area contributed by atoms with E-state index >= 15 is 0 Å². The van der Waals surface area contributed by atoms with Gasteiger partial charge in [0.1, 0.15) is 55.8 Å². The Morgan fingerprint density at radius 1 is 0.912 bits per heavy atom. The minimum absolute atomic E-state index is 0.0230. The Bertz CT molecular complexity index is 4680. The summed E-state index contributed by atoms with van der Waals surface area (Å²) in [4.78, 5) is 101. The number of para-hydroxylation sites is 2. The fraction of sp³-hybridized carbons (Fsp3) is 0.323. The number of sulfonamides is 1. The molecule has 3 amide bonds. The Labute approximate surface area is 582 Å². The molecule has 3 aliphatic rings. The average Bonchev–Trinajstić information content (AvgIpc) is 1.28. The molecular formula is C62H66N16O20P3S-3. The number of benzene rings is 4. The molecule has 0 bridgehead atoms. The highest BCUT2D eigenvalue weighted by atomic mass is 32.2. The first-order chi connectivity index (χ1) is 48.6. The fourth-order valence-electron chi connectivity index (χ4n) is 11.1. The van der Waals surface area contributed by atoms with Gasteiger partial charge in [-0.2, -0.15) is 4.58 Å². The average molecular weight is 1480 g/mol. The molecular weight excluding hydrogens is 1410 g/mol. The van der Waals surface area contributed by atoms with Crippen LogP contribution in [0.5, 0.6) is 5.75 Å².